The van der Waals surface area contributed by atoms with Gasteiger partial charge in [-0.15, -0.1) is 0 Å². The molecule has 1 heteroatoms. The second kappa shape index (κ2) is 5.53. The molecule has 1 fully saturated rings. The average Bonchev–Trinajstić information content (AvgIpc) is 2.14. The van der Waals surface area contributed by atoms with E-state index < -0.39 is 0 Å². The summed E-state index contributed by atoms with van der Waals surface area (Å²) >= 11 is 0. The van der Waals surface area contributed by atoms with Gasteiger partial charge in [-0.25, -0.2) is 0 Å². The zero-order valence-corrected chi connectivity index (χ0v) is 11.8. The predicted molar refractivity (Wildman–Crippen MR) is 70.4 cm³/mol. The van der Waals surface area contributed by atoms with Crippen molar-refractivity contribution in [3.05, 3.63) is 0 Å². The van der Waals surface area contributed by atoms with Crippen LogP contribution in [0.15, 0.2) is 0 Å². The lowest BCUT2D eigenvalue weighted by molar-refractivity contribution is -0.0101. The summed E-state index contributed by atoms with van der Waals surface area (Å²) in [6, 6.07) is 0. The van der Waals surface area contributed by atoms with Crippen molar-refractivity contribution in [2.75, 3.05) is 0 Å². The molecule has 0 bridgehead atoms. The maximum absolute atomic E-state index is 10.1. The molecule has 0 aromatic carbocycles. The highest BCUT2D eigenvalue weighted by molar-refractivity contribution is 4.86. The van der Waals surface area contributed by atoms with Crippen molar-refractivity contribution in [3.8, 4) is 0 Å². The third-order valence-corrected chi connectivity index (χ3v) is 4.19. The van der Waals surface area contributed by atoms with Crippen LogP contribution in [0.1, 0.15) is 66.7 Å². The maximum Gasteiger partial charge on any atom is 0.0573 e. The summed E-state index contributed by atoms with van der Waals surface area (Å²) in [5.41, 5.74) is 0.260. The highest BCUT2D eigenvalue weighted by atomic mass is 16.3. The van der Waals surface area contributed by atoms with Crippen LogP contribution in [0, 0.1) is 23.2 Å². The Labute approximate surface area is 102 Å². The van der Waals surface area contributed by atoms with E-state index in [0.29, 0.717) is 5.92 Å². The first-order chi connectivity index (χ1) is 7.30. The van der Waals surface area contributed by atoms with Crippen molar-refractivity contribution >= 4 is 0 Å². The highest BCUT2D eigenvalue weighted by Gasteiger charge is 2.36. The van der Waals surface area contributed by atoms with Gasteiger partial charge in [0.05, 0.1) is 6.10 Å². The fraction of sp³-hybridized carbons (Fsp3) is 1.00. The summed E-state index contributed by atoms with van der Waals surface area (Å²) < 4.78 is 0. The minimum absolute atomic E-state index is 0.0599. The van der Waals surface area contributed by atoms with Gasteiger partial charge in [-0.2, -0.15) is 0 Å². The van der Waals surface area contributed by atoms with Gasteiger partial charge in [-0.3, -0.25) is 0 Å². The molecule has 0 amide bonds. The van der Waals surface area contributed by atoms with Gasteiger partial charge >= 0.3 is 0 Å². The second-order valence-corrected chi connectivity index (χ2v) is 7.19. The molecule has 3 unspecified atom stereocenters. The summed E-state index contributed by atoms with van der Waals surface area (Å²) in [6.45, 7) is 11.4. The molecule has 0 spiro atoms. The van der Waals surface area contributed by atoms with E-state index in [0.717, 1.165) is 18.3 Å². The molecule has 0 aromatic rings. The quantitative estimate of drug-likeness (QED) is 0.763. The van der Waals surface area contributed by atoms with Crippen molar-refractivity contribution in [1.82, 2.24) is 0 Å². The van der Waals surface area contributed by atoms with Crippen molar-refractivity contribution < 1.29 is 5.11 Å². The molecule has 1 aliphatic rings. The molecular formula is C15H30O. The van der Waals surface area contributed by atoms with Crippen LogP contribution in [-0.4, -0.2) is 11.2 Å². The first-order valence-electron chi connectivity index (χ1n) is 6.98. The number of aliphatic hydroxyl groups is 1. The lowest BCUT2D eigenvalue weighted by atomic mass is 9.66. The third kappa shape index (κ3) is 4.08. The molecule has 0 heterocycles. The van der Waals surface area contributed by atoms with E-state index in [1.54, 1.807) is 0 Å². The smallest absolute Gasteiger partial charge is 0.0573 e. The van der Waals surface area contributed by atoms with Crippen molar-refractivity contribution in [3.63, 3.8) is 0 Å². The molecule has 3 atom stereocenters. The van der Waals surface area contributed by atoms with Gasteiger partial charge in [0.15, 0.2) is 0 Å². The Balaban J connectivity index is 2.47. The molecule has 1 N–H and O–H groups in total. The lowest BCUT2D eigenvalue weighted by Gasteiger charge is -2.41. The summed E-state index contributed by atoms with van der Waals surface area (Å²) in [7, 11) is 0. The van der Waals surface area contributed by atoms with Gasteiger partial charge in [0.2, 0.25) is 0 Å². The molecule has 0 radical (unpaired) electrons. The number of rotatable bonds is 3. The van der Waals surface area contributed by atoms with Gasteiger partial charge in [0.25, 0.3) is 0 Å². The number of hydrogen-bond acceptors (Lipinski definition) is 1. The van der Waals surface area contributed by atoms with Crippen LogP contribution < -0.4 is 0 Å². The van der Waals surface area contributed by atoms with Gasteiger partial charge in [0, 0.05) is 0 Å². The summed E-state index contributed by atoms with van der Waals surface area (Å²) in [5.74, 6) is 2.17. The molecule has 1 saturated carbocycles. The van der Waals surface area contributed by atoms with Crippen LogP contribution in [-0.2, 0) is 0 Å². The minimum Gasteiger partial charge on any atom is -0.393 e. The summed E-state index contributed by atoms with van der Waals surface area (Å²) in [6.07, 6.45) is 6.13. The molecule has 1 rings (SSSR count). The standard InChI is InChI=1S/C15H30O/c1-11(2)6-7-12-8-9-14(16)13(10-12)15(3,4)5/h11-14,16H,6-10H2,1-5H3. The van der Waals surface area contributed by atoms with Crippen LogP contribution in [0.3, 0.4) is 0 Å². The molecule has 0 aliphatic heterocycles. The Hall–Kier alpha value is -0.0400. The molecule has 1 aliphatic carbocycles. The van der Waals surface area contributed by atoms with Gasteiger partial charge in [-0.1, -0.05) is 47.5 Å². The molecule has 96 valence electrons. The van der Waals surface area contributed by atoms with E-state index in [-0.39, 0.29) is 11.5 Å². The Kier molecular flexibility index (Phi) is 4.85. The minimum atomic E-state index is -0.0599. The molecule has 16 heavy (non-hydrogen) atoms. The fourth-order valence-corrected chi connectivity index (χ4v) is 3.00. The van der Waals surface area contributed by atoms with E-state index in [9.17, 15) is 5.11 Å². The first-order valence-corrected chi connectivity index (χ1v) is 6.98. The Bertz CT molecular complexity index is 202. The van der Waals surface area contributed by atoms with Crippen molar-refractivity contribution in [1.29, 1.82) is 0 Å². The Morgan fingerprint density at radius 3 is 2.31 bits per heavy atom. The van der Waals surface area contributed by atoms with Crippen LogP contribution in [0.2, 0.25) is 0 Å². The molecule has 1 nitrogen and oxygen atoms in total. The van der Waals surface area contributed by atoms with E-state index >= 15 is 0 Å². The monoisotopic (exact) mass is 226 g/mol. The zero-order valence-electron chi connectivity index (χ0n) is 11.8. The molecular weight excluding hydrogens is 196 g/mol. The lowest BCUT2D eigenvalue weighted by Crippen LogP contribution is -2.37. The second-order valence-electron chi connectivity index (χ2n) is 7.19. The highest BCUT2D eigenvalue weighted by Crippen LogP contribution is 2.41. The Morgan fingerprint density at radius 1 is 1.19 bits per heavy atom. The van der Waals surface area contributed by atoms with Crippen LogP contribution >= 0.6 is 0 Å². The van der Waals surface area contributed by atoms with Gasteiger partial charge < -0.3 is 5.11 Å². The maximum atomic E-state index is 10.1. The predicted octanol–water partition coefficient (Wildman–Crippen LogP) is 4.25. The zero-order chi connectivity index (χ0) is 12.3. The fourth-order valence-electron chi connectivity index (χ4n) is 3.00. The van der Waals surface area contributed by atoms with Crippen molar-refractivity contribution in [2.24, 2.45) is 23.2 Å². The van der Waals surface area contributed by atoms with Gasteiger partial charge in [-0.05, 0) is 42.4 Å². The number of hydrogen-bond donors (Lipinski definition) is 1. The van der Waals surface area contributed by atoms with Crippen LogP contribution in [0.4, 0.5) is 0 Å². The molecule has 0 aromatic heterocycles. The average molecular weight is 226 g/mol. The number of aliphatic hydroxyl groups excluding tert-OH is 1. The van der Waals surface area contributed by atoms with E-state index in [4.69, 9.17) is 0 Å². The van der Waals surface area contributed by atoms with E-state index in [1.165, 1.54) is 25.7 Å². The SMILES string of the molecule is CC(C)CCC1CCC(O)C(C(C)(C)C)C1. The largest absolute Gasteiger partial charge is 0.393 e. The van der Waals surface area contributed by atoms with Crippen molar-refractivity contribution in [2.45, 2.75) is 72.8 Å². The normalized spacial score (nSPS) is 32.1. The van der Waals surface area contributed by atoms with Crippen LogP contribution in [0.5, 0.6) is 0 Å². The van der Waals surface area contributed by atoms with Gasteiger partial charge in [0.1, 0.15) is 0 Å². The first kappa shape index (κ1) is 14.0. The van der Waals surface area contributed by atoms with E-state index in [1.807, 2.05) is 0 Å². The summed E-state index contributed by atoms with van der Waals surface area (Å²) in [5, 5.41) is 10.1. The summed E-state index contributed by atoms with van der Waals surface area (Å²) in [4.78, 5) is 0. The third-order valence-electron chi connectivity index (χ3n) is 4.19. The van der Waals surface area contributed by atoms with E-state index in [2.05, 4.69) is 34.6 Å². The Morgan fingerprint density at radius 2 is 1.81 bits per heavy atom. The van der Waals surface area contributed by atoms with Crippen LogP contribution in [0.25, 0.3) is 0 Å². The topological polar surface area (TPSA) is 20.2 Å². The molecule has 0 saturated heterocycles.